The van der Waals surface area contributed by atoms with Crippen LogP contribution >= 0.6 is 0 Å². The van der Waals surface area contributed by atoms with Crippen molar-refractivity contribution in [3.05, 3.63) is 30.5 Å². The maximum absolute atomic E-state index is 4.25. The van der Waals surface area contributed by atoms with Gasteiger partial charge in [0.25, 0.3) is 0 Å². The van der Waals surface area contributed by atoms with Crippen molar-refractivity contribution in [1.82, 2.24) is 4.98 Å². The molecule has 0 radical (unpaired) electrons. The van der Waals surface area contributed by atoms with Crippen molar-refractivity contribution >= 4 is 11.9 Å². The normalized spacial score (nSPS) is 15.7. The zero-order valence-electron chi connectivity index (χ0n) is 6.96. The minimum Gasteiger partial charge on any atom is -0.367 e. The van der Waals surface area contributed by atoms with Crippen LogP contribution < -0.4 is 5.32 Å². The van der Waals surface area contributed by atoms with Crippen LogP contribution in [-0.4, -0.2) is 11.0 Å². The number of aromatic nitrogens is 1. The smallest absolute Gasteiger partial charge is 0.126 e. The molecule has 1 aliphatic carbocycles. The Bertz CT molecular complexity index is 272. The number of hydrogen-bond acceptors (Lipinski definition) is 2. The lowest BCUT2D eigenvalue weighted by Gasteiger charge is -2.02. The van der Waals surface area contributed by atoms with Crippen molar-refractivity contribution in [3.63, 3.8) is 0 Å². The SMILES string of the molecule is C=Cc1ccc(NC2CC2)nc1. The first kappa shape index (κ1) is 7.35. The molecule has 0 spiro atoms. The Balaban J connectivity index is 2.07. The highest BCUT2D eigenvalue weighted by Crippen LogP contribution is 2.23. The molecule has 2 rings (SSSR count). The van der Waals surface area contributed by atoms with E-state index in [1.165, 1.54) is 12.8 Å². The molecule has 1 saturated carbocycles. The zero-order chi connectivity index (χ0) is 8.39. The van der Waals surface area contributed by atoms with Crippen LogP contribution in [0.1, 0.15) is 18.4 Å². The van der Waals surface area contributed by atoms with Crippen LogP contribution in [0, 0.1) is 0 Å². The standard InChI is InChI=1S/C10H12N2/c1-2-8-3-6-10(11-7-8)12-9-4-5-9/h2-3,6-7,9H,1,4-5H2,(H,11,12). The van der Waals surface area contributed by atoms with E-state index in [2.05, 4.69) is 16.9 Å². The molecule has 62 valence electrons. The van der Waals surface area contributed by atoms with E-state index in [9.17, 15) is 0 Å². The van der Waals surface area contributed by atoms with Gasteiger partial charge in [-0.3, -0.25) is 0 Å². The van der Waals surface area contributed by atoms with E-state index in [0.29, 0.717) is 6.04 Å². The third-order valence-electron chi connectivity index (χ3n) is 1.95. The molecule has 1 aromatic heterocycles. The first-order chi connectivity index (χ1) is 5.88. The Hall–Kier alpha value is -1.31. The van der Waals surface area contributed by atoms with E-state index in [0.717, 1.165) is 11.4 Å². The summed E-state index contributed by atoms with van der Waals surface area (Å²) in [4.78, 5) is 4.25. The fraction of sp³-hybridized carbons (Fsp3) is 0.300. The quantitative estimate of drug-likeness (QED) is 0.733. The first-order valence-electron chi connectivity index (χ1n) is 4.23. The van der Waals surface area contributed by atoms with Gasteiger partial charge in [-0.15, -0.1) is 0 Å². The Morgan fingerprint density at radius 1 is 1.50 bits per heavy atom. The number of hydrogen-bond donors (Lipinski definition) is 1. The van der Waals surface area contributed by atoms with Crippen LogP contribution in [0.15, 0.2) is 24.9 Å². The van der Waals surface area contributed by atoms with E-state index in [-0.39, 0.29) is 0 Å². The molecule has 0 bridgehead atoms. The van der Waals surface area contributed by atoms with Crippen LogP contribution in [0.25, 0.3) is 6.08 Å². The number of anilines is 1. The van der Waals surface area contributed by atoms with E-state index in [1.54, 1.807) is 6.08 Å². The number of rotatable bonds is 3. The monoisotopic (exact) mass is 160 g/mol. The predicted molar refractivity (Wildman–Crippen MR) is 51.0 cm³/mol. The molecule has 0 unspecified atom stereocenters. The van der Waals surface area contributed by atoms with Crippen molar-refractivity contribution in [1.29, 1.82) is 0 Å². The summed E-state index contributed by atoms with van der Waals surface area (Å²) >= 11 is 0. The fourth-order valence-electron chi connectivity index (χ4n) is 1.05. The number of nitrogens with zero attached hydrogens (tertiary/aromatic N) is 1. The molecule has 1 aliphatic rings. The first-order valence-corrected chi connectivity index (χ1v) is 4.23. The summed E-state index contributed by atoms with van der Waals surface area (Å²) in [7, 11) is 0. The number of pyridine rings is 1. The van der Waals surface area contributed by atoms with Crippen LogP contribution in [0.3, 0.4) is 0 Å². The van der Waals surface area contributed by atoms with Crippen molar-refractivity contribution in [3.8, 4) is 0 Å². The molecule has 0 atom stereocenters. The second-order valence-electron chi connectivity index (χ2n) is 3.10. The molecule has 0 aromatic carbocycles. The molecule has 1 N–H and O–H groups in total. The molecule has 1 aromatic rings. The van der Waals surface area contributed by atoms with E-state index in [4.69, 9.17) is 0 Å². The van der Waals surface area contributed by atoms with Crippen LogP contribution in [0.4, 0.5) is 5.82 Å². The van der Waals surface area contributed by atoms with Gasteiger partial charge in [0.1, 0.15) is 5.82 Å². The Morgan fingerprint density at radius 3 is 2.83 bits per heavy atom. The molecule has 1 fully saturated rings. The molecule has 0 saturated heterocycles. The third kappa shape index (κ3) is 1.64. The minimum atomic E-state index is 0.673. The van der Waals surface area contributed by atoms with Gasteiger partial charge in [0.2, 0.25) is 0 Å². The Labute approximate surface area is 72.3 Å². The second-order valence-corrected chi connectivity index (χ2v) is 3.10. The van der Waals surface area contributed by atoms with Crippen molar-refractivity contribution in [2.45, 2.75) is 18.9 Å². The fourth-order valence-corrected chi connectivity index (χ4v) is 1.05. The molecule has 0 amide bonds. The van der Waals surface area contributed by atoms with Gasteiger partial charge in [0, 0.05) is 12.2 Å². The van der Waals surface area contributed by atoms with Gasteiger partial charge in [-0.2, -0.15) is 0 Å². The molecule has 12 heavy (non-hydrogen) atoms. The zero-order valence-corrected chi connectivity index (χ0v) is 6.96. The summed E-state index contributed by atoms with van der Waals surface area (Å²) in [5.41, 5.74) is 1.07. The average molecular weight is 160 g/mol. The molecule has 2 nitrogen and oxygen atoms in total. The lowest BCUT2D eigenvalue weighted by molar-refractivity contribution is 1.11. The highest BCUT2D eigenvalue weighted by molar-refractivity contribution is 5.49. The van der Waals surface area contributed by atoms with E-state index in [1.807, 2.05) is 18.3 Å². The van der Waals surface area contributed by atoms with Crippen LogP contribution in [-0.2, 0) is 0 Å². The summed E-state index contributed by atoms with van der Waals surface area (Å²) in [6, 6.07) is 4.69. The molecular weight excluding hydrogens is 148 g/mol. The van der Waals surface area contributed by atoms with Gasteiger partial charge in [0.05, 0.1) is 0 Å². The van der Waals surface area contributed by atoms with Gasteiger partial charge >= 0.3 is 0 Å². The molecule has 2 heteroatoms. The van der Waals surface area contributed by atoms with Crippen LogP contribution in [0.2, 0.25) is 0 Å². The topological polar surface area (TPSA) is 24.9 Å². The molecule has 0 aliphatic heterocycles. The summed E-state index contributed by atoms with van der Waals surface area (Å²) in [6.45, 7) is 3.67. The summed E-state index contributed by atoms with van der Waals surface area (Å²) < 4.78 is 0. The van der Waals surface area contributed by atoms with Gasteiger partial charge in [-0.25, -0.2) is 4.98 Å². The summed E-state index contributed by atoms with van der Waals surface area (Å²) in [5.74, 6) is 0.975. The van der Waals surface area contributed by atoms with Gasteiger partial charge < -0.3 is 5.32 Å². The van der Waals surface area contributed by atoms with Crippen LogP contribution in [0.5, 0.6) is 0 Å². The average Bonchev–Trinajstić information content (AvgIpc) is 2.90. The van der Waals surface area contributed by atoms with Crippen molar-refractivity contribution < 1.29 is 0 Å². The van der Waals surface area contributed by atoms with E-state index < -0.39 is 0 Å². The molecule has 1 heterocycles. The Kier molecular flexibility index (Phi) is 1.82. The molecular formula is C10H12N2. The summed E-state index contributed by atoms with van der Waals surface area (Å²) in [5, 5.41) is 3.32. The highest BCUT2D eigenvalue weighted by atomic mass is 15.0. The van der Waals surface area contributed by atoms with Gasteiger partial charge in [-0.05, 0) is 30.5 Å². The maximum atomic E-state index is 4.25. The third-order valence-corrected chi connectivity index (χ3v) is 1.95. The lowest BCUT2D eigenvalue weighted by atomic mass is 10.3. The van der Waals surface area contributed by atoms with E-state index >= 15 is 0 Å². The van der Waals surface area contributed by atoms with Crippen molar-refractivity contribution in [2.24, 2.45) is 0 Å². The van der Waals surface area contributed by atoms with Crippen molar-refractivity contribution in [2.75, 3.05) is 5.32 Å². The van der Waals surface area contributed by atoms with Gasteiger partial charge in [0.15, 0.2) is 0 Å². The summed E-state index contributed by atoms with van der Waals surface area (Å²) in [6.07, 6.45) is 6.20. The predicted octanol–water partition coefficient (Wildman–Crippen LogP) is 2.30. The Morgan fingerprint density at radius 2 is 2.33 bits per heavy atom. The number of nitrogens with one attached hydrogen (secondary N) is 1. The van der Waals surface area contributed by atoms with Gasteiger partial charge in [-0.1, -0.05) is 12.7 Å². The highest BCUT2D eigenvalue weighted by Gasteiger charge is 2.20. The maximum Gasteiger partial charge on any atom is 0.126 e. The largest absolute Gasteiger partial charge is 0.367 e. The minimum absolute atomic E-state index is 0.673. The second kappa shape index (κ2) is 2.97. The lowest BCUT2D eigenvalue weighted by Crippen LogP contribution is -2.02.